The number of nitrogens with one attached hydrogen (secondary N) is 1. The first-order valence-electron chi connectivity index (χ1n) is 7.98. The van der Waals surface area contributed by atoms with Crippen LogP contribution in [0.3, 0.4) is 0 Å². The highest BCUT2D eigenvalue weighted by atomic mass is 79.9. The van der Waals surface area contributed by atoms with Crippen LogP contribution < -0.4 is 4.72 Å². The Kier molecular flexibility index (Phi) is 6.70. The average Bonchev–Trinajstić information content (AvgIpc) is 2.54. The monoisotopic (exact) mass is 468 g/mol. The minimum absolute atomic E-state index is 0.0711. The smallest absolute Gasteiger partial charge is 0.409 e. The van der Waals surface area contributed by atoms with Gasteiger partial charge in [-0.05, 0) is 53.9 Å². The van der Waals surface area contributed by atoms with E-state index in [4.69, 9.17) is 4.74 Å². The fraction of sp³-hybridized carbons (Fsp3) is 0.533. The summed E-state index contributed by atoms with van der Waals surface area (Å²) in [5, 5.41) is 0. The summed E-state index contributed by atoms with van der Waals surface area (Å²) in [6.45, 7) is 2.78. The Bertz CT molecular complexity index is 877. The van der Waals surface area contributed by atoms with Gasteiger partial charge in [-0.3, -0.25) is 0 Å². The number of hydrogen-bond acceptors (Lipinski definition) is 6. The van der Waals surface area contributed by atoms with E-state index in [0.717, 1.165) is 12.3 Å². The highest BCUT2D eigenvalue weighted by molar-refractivity contribution is 9.10. The summed E-state index contributed by atoms with van der Waals surface area (Å²) in [6.07, 6.45) is 1.51. The second kappa shape index (κ2) is 8.24. The summed E-state index contributed by atoms with van der Waals surface area (Å²) in [7, 11) is -7.45. The van der Waals surface area contributed by atoms with Gasteiger partial charge in [0.2, 0.25) is 10.0 Å². The summed E-state index contributed by atoms with van der Waals surface area (Å²) >= 11 is 3.16. The first-order valence-corrected chi connectivity index (χ1v) is 12.1. The van der Waals surface area contributed by atoms with Crippen molar-refractivity contribution >= 4 is 41.9 Å². The first kappa shape index (κ1) is 21.1. The normalized spacial score (nSPS) is 16.5. The predicted octanol–water partition coefficient (Wildman–Crippen LogP) is 1.75. The summed E-state index contributed by atoms with van der Waals surface area (Å²) < 4.78 is 56.5. The van der Waals surface area contributed by atoms with Crippen LogP contribution in [0.2, 0.25) is 0 Å². The lowest BCUT2D eigenvalue weighted by atomic mass is 10.1. The van der Waals surface area contributed by atoms with Crippen molar-refractivity contribution in [3.05, 3.63) is 22.7 Å². The van der Waals surface area contributed by atoms with E-state index in [0.29, 0.717) is 25.9 Å². The summed E-state index contributed by atoms with van der Waals surface area (Å²) in [6, 6.07) is 3.53. The van der Waals surface area contributed by atoms with E-state index in [1.807, 2.05) is 0 Å². The summed E-state index contributed by atoms with van der Waals surface area (Å²) in [4.78, 5) is 13.0. The van der Waals surface area contributed by atoms with Crippen molar-refractivity contribution in [1.29, 1.82) is 0 Å². The largest absolute Gasteiger partial charge is 0.450 e. The molecule has 1 N–H and O–H groups in total. The second-order valence-electron chi connectivity index (χ2n) is 5.95. The van der Waals surface area contributed by atoms with Crippen LogP contribution in [0.5, 0.6) is 0 Å². The number of hydrogen-bond donors (Lipinski definition) is 1. The maximum Gasteiger partial charge on any atom is 0.409 e. The molecule has 0 radical (unpaired) electrons. The zero-order valence-electron chi connectivity index (χ0n) is 14.4. The summed E-state index contributed by atoms with van der Waals surface area (Å²) in [5.74, 6) is 0. The molecule has 1 aromatic carbocycles. The van der Waals surface area contributed by atoms with Gasteiger partial charge in [-0.25, -0.2) is 26.4 Å². The Labute approximate surface area is 162 Å². The SMILES string of the molecule is CCOC(=O)N1CCC(NS(=O)(=O)c2cc(S(C)(=O)=O)ccc2Br)CC1. The van der Waals surface area contributed by atoms with Crippen molar-refractivity contribution in [3.63, 3.8) is 0 Å². The molecule has 146 valence electrons. The molecule has 11 heteroatoms. The number of nitrogens with zero attached hydrogens (tertiary/aromatic N) is 1. The van der Waals surface area contributed by atoms with E-state index in [2.05, 4.69) is 20.7 Å². The van der Waals surface area contributed by atoms with Crippen LogP contribution in [0.15, 0.2) is 32.5 Å². The van der Waals surface area contributed by atoms with Crippen LogP contribution >= 0.6 is 15.9 Å². The molecule has 0 aliphatic carbocycles. The van der Waals surface area contributed by atoms with Gasteiger partial charge in [0.15, 0.2) is 9.84 Å². The van der Waals surface area contributed by atoms with E-state index in [-0.39, 0.29) is 26.9 Å². The first-order chi connectivity index (χ1) is 12.0. The lowest BCUT2D eigenvalue weighted by Gasteiger charge is -2.31. The molecule has 8 nitrogen and oxygen atoms in total. The molecule has 1 amide bonds. The van der Waals surface area contributed by atoms with Gasteiger partial charge >= 0.3 is 6.09 Å². The van der Waals surface area contributed by atoms with Crippen molar-refractivity contribution in [2.24, 2.45) is 0 Å². The lowest BCUT2D eigenvalue weighted by Crippen LogP contribution is -2.46. The minimum atomic E-state index is -3.92. The number of rotatable bonds is 5. The van der Waals surface area contributed by atoms with Crippen LogP contribution in [0.4, 0.5) is 4.79 Å². The number of piperidine rings is 1. The van der Waals surface area contributed by atoms with Crippen LogP contribution in [-0.4, -0.2) is 59.8 Å². The molecule has 0 saturated carbocycles. The molecule has 1 saturated heterocycles. The quantitative estimate of drug-likeness (QED) is 0.704. The van der Waals surface area contributed by atoms with Crippen LogP contribution in [-0.2, 0) is 24.6 Å². The van der Waals surface area contributed by atoms with Gasteiger partial charge in [0.1, 0.15) is 0 Å². The molecule has 2 rings (SSSR count). The molecular weight excluding hydrogens is 448 g/mol. The fourth-order valence-corrected chi connectivity index (χ4v) is 5.61. The molecule has 0 atom stereocenters. The standard InChI is InChI=1S/C15H21BrN2O6S2/c1-3-24-15(19)18-8-6-11(7-9-18)17-26(22,23)14-10-12(25(2,20)21)4-5-13(14)16/h4-5,10-11,17H,3,6-9H2,1-2H3. The van der Waals surface area contributed by atoms with Gasteiger partial charge in [0, 0.05) is 29.9 Å². The maximum atomic E-state index is 12.7. The Morgan fingerprint density at radius 1 is 1.27 bits per heavy atom. The molecule has 1 fully saturated rings. The molecular formula is C15H21BrN2O6S2. The number of carbonyl (C=O) groups excluding carboxylic acids is 1. The van der Waals surface area contributed by atoms with Crippen molar-refractivity contribution in [3.8, 4) is 0 Å². The van der Waals surface area contributed by atoms with Gasteiger partial charge in [0.25, 0.3) is 0 Å². The topological polar surface area (TPSA) is 110 Å². The average molecular weight is 469 g/mol. The molecule has 0 aromatic heterocycles. The van der Waals surface area contributed by atoms with Crippen molar-refractivity contribution in [2.75, 3.05) is 26.0 Å². The number of sulfonamides is 1. The Balaban J connectivity index is 2.12. The zero-order valence-corrected chi connectivity index (χ0v) is 17.7. The highest BCUT2D eigenvalue weighted by Crippen LogP contribution is 2.26. The van der Waals surface area contributed by atoms with E-state index in [1.165, 1.54) is 17.0 Å². The van der Waals surface area contributed by atoms with Gasteiger partial charge in [-0.15, -0.1) is 0 Å². The van der Waals surface area contributed by atoms with Gasteiger partial charge in [-0.2, -0.15) is 0 Å². The number of sulfone groups is 1. The van der Waals surface area contributed by atoms with Crippen molar-refractivity contribution < 1.29 is 26.4 Å². The van der Waals surface area contributed by atoms with E-state index >= 15 is 0 Å². The number of carbonyl (C=O) groups is 1. The second-order valence-corrected chi connectivity index (χ2v) is 10.5. The zero-order chi connectivity index (χ0) is 19.5. The number of ether oxygens (including phenoxy) is 1. The van der Waals surface area contributed by atoms with Crippen molar-refractivity contribution in [1.82, 2.24) is 9.62 Å². The molecule has 0 bridgehead atoms. The molecule has 1 aliphatic heterocycles. The third-order valence-corrected chi connectivity index (χ3v) is 7.59. The van der Waals surface area contributed by atoms with Gasteiger partial charge in [0.05, 0.1) is 16.4 Å². The Morgan fingerprint density at radius 2 is 1.88 bits per heavy atom. The molecule has 1 aromatic rings. The Morgan fingerprint density at radius 3 is 2.42 bits per heavy atom. The fourth-order valence-electron chi connectivity index (χ4n) is 2.60. The van der Waals surface area contributed by atoms with Crippen LogP contribution in [0.25, 0.3) is 0 Å². The molecule has 0 unspecified atom stereocenters. The predicted molar refractivity (Wildman–Crippen MR) is 99.2 cm³/mol. The van der Waals surface area contributed by atoms with Gasteiger partial charge in [-0.1, -0.05) is 0 Å². The molecule has 26 heavy (non-hydrogen) atoms. The number of likely N-dealkylation sites (tertiary alicyclic amines) is 1. The molecule has 0 spiro atoms. The minimum Gasteiger partial charge on any atom is -0.450 e. The van der Waals surface area contributed by atoms with Crippen molar-refractivity contribution in [2.45, 2.75) is 35.6 Å². The van der Waals surface area contributed by atoms with Crippen LogP contribution in [0, 0.1) is 0 Å². The maximum absolute atomic E-state index is 12.7. The third kappa shape index (κ3) is 5.18. The highest BCUT2D eigenvalue weighted by Gasteiger charge is 2.28. The lowest BCUT2D eigenvalue weighted by molar-refractivity contribution is 0.0966. The van der Waals surface area contributed by atoms with E-state index in [1.54, 1.807) is 6.92 Å². The molecule has 1 aliphatic rings. The number of benzene rings is 1. The number of halogens is 1. The summed E-state index contributed by atoms with van der Waals surface area (Å²) in [5.41, 5.74) is 0. The van der Waals surface area contributed by atoms with Gasteiger partial charge < -0.3 is 9.64 Å². The van der Waals surface area contributed by atoms with E-state index in [9.17, 15) is 21.6 Å². The third-order valence-electron chi connectivity index (χ3n) is 3.96. The van der Waals surface area contributed by atoms with Crippen LogP contribution in [0.1, 0.15) is 19.8 Å². The molecule has 1 heterocycles. The number of amides is 1. The Hall–Kier alpha value is -1.17. The van der Waals surface area contributed by atoms with E-state index < -0.39 is 26.0 Å².